The van der Waals surface area contributed by atoms with Gasteiger partial charge in [0.25, 0.3) is 0 Å². The summed E-state index contributed by atoms with van der Waals surface area (Å²) in [5.41, 5.74) is 10.2. The summed E-state index contributed by atoms with van der Waals surface area (Å²) in [6.07, 6.45) is 22.2. The lowest BCUT2D eigenvalue weighted by Gasteiger charge is -2.36. The van der Waals surface area contributed by atoms with Gasteiger partial charge in [-0.2, -0.15) is 0 Å². The Labute approximate surface area is 552 Å². The molecular formula is C73H115Cl2N9O6. The van der Waals surface area contributed by atoms with E-state index in [4.69, 9.17) is 27.8 Å². The molecule has 6 heterocycles. The van der Waals surface area contributed by atoms with E-state index in [-0.39, 0.29) is 24.8 Å². The van der Waals surface area contributed by atoms with E-state index >= 15 is 0 Å². The number of piperidine rings is 3. The highest BCUT2D eigenvalue weighted by Crippen LogP contribution is 2.39. The minimum absolute atomic E-state index is 0. The van der Waals surface area contributed by atoms with Gasteiger partial charge < -0.3 is 57.6 Å². The van der Waals surface area contributed by atoms with Gasteiger partial charge in [-0.3, -0.25) is 0 Å². The van der Waals surface area contributed by atoms with Crippen LogP contribution in [0.25, 0.3) is 32.9 Å². The van der Waals surface area contributed by atoms with E-state index in [0.717, 1.165) is 180 Å². The SMILES string of the molecule is CN(C)Cc1c(OCC2CC2)ccc2c(CCC3CCN(CC(C)(C)C)CC3)noc12.CN(C)Cc1c(OCC2CC2)ccc2c(CCC3CCN(CC(C)(C)C)CC3)noc12.CN(C)Cc1c(OCC2CC2)ccc2c(CCC3CCNCC3)noc12.Cl.Cl. The molecule has 1 N–H and O–H groups in total. The lowest BCUT2D eigenvalue weighted by Crippen LogP contribution is -2.39. The molecule has 6 aliphatic rings. The van der Waals surface area contributed by atoms with Crippen LogP contribution in [-0.2, 0) is 38.9 Å². The smallest absolute Gasteiger partial charge is 0.175 e. The molecule has 3 aliphatic carbocycles. The van der Waals surface area contributed by atoms with Crippen LogP contribution in [-0.4, -0.2) is 154 Å². The van der Waals surface area contributed by atoms with Gasteiger partial charge in [0.2, 0.25) is 0 Å². The number of hydrogen-bond donors (Lipinski definition) is 1. The summed E-state index contributed by atoms with van der Waals surface area (Å²) in [4.78, 5) is 11.8. The normalized spacial score (nSPS) is 18.4. The Kier molecular flexibility index (Phi) is 26.5. The Hall–Kier alpha value is -4.19. The fourth-order valence-electron chi connectivity index (χ4n) is 13.5. The Morgan fingerprint density at radius 2 is 0.711 bits per heavy atom. The second-order valence-electron chi connectivity index (χ2n) is 31.0. The largest absolute Gasteiger partial charge is 0.493 e. The summed E-state index contributed by atoms with van der Waals surface area (Å²) in [5.74, 6) is 7.50. The molecule has 3 aromatic carbocycles. The van der Waals surface area contributed by atoms with Crippen LogP contribution in [0.4, 0.5) is 0 Å². The summed E-state index contributed by atoms with van der Waals surface area (Å²) in [6.45, 7) is 28.5. The fourth-order valence-corrected chi connectivity index (χ4v) is 13.5. The van der Waals surface area contributed by atoms with Crippen molar-refractivity contribution in [3.8, 4) is 17.2 Å². The van der Waals surface area contributed by atoms with Crippen molar-refractivity contribution >= 4 is 57.7 Å². The van der Waals surface area contributed by atoms with Crippen molar-refractivity contribution in [3.05, 3.63) is 70.2 Å². The number of aryl methyl sites for hydroxylation is 3. The molecular weight excluding hydrogens is 1170 g/mol. The van der Waals surface area contributed by atoms with Crippen LogP contribution in [0.3, 0.4) is 0 Å². The zero-order valence-corrected chi connectivity index (χ0v) is 59.0. The number of rotatable bonds is 26. The molecule has 3 saturated carbocycles. The van der Waals surface area contributed by atoms with Gasteiger partial charge in [-0.1, -0.05) is 57.0 Å². The topological polar surface area (TPSA) is 134 Å². The lowest BCUT2D eigenvalue weighted by atomic mass is 9.89. The molecule has 3 aromatic heterocycles. The minimum Gasteiger partial charge on any atom is -0.493 e. The highest BCUT2D eigenvalue weighted by atomic mass is 35.5. The molecule has 12 rings (SSSR count). The predicted octanol–water partition coefficient (Wildman–Crippen LogP) is 15.2. The number of ether oxygens (including phenoxy) is 3. The molecule has 17 heteroatoms. The summed E-state index contributed by atoms with van der Waals surface area (Å²) in [7, 11) is 12.5. The Morgan fingerprint density at radius 1 is 0.422 bits per heavy atom. The molecule has 15 nitrogen and oxygen atoms in total. The second-order valence-corrected chi connectivity index (χ2v) is 31.0. The number of aromatic nitrogens is 3. The van der Waals surface area contributed by atoms with E-state index in [1.807, 2.05) is 0 Å². The zero-order chi connectivity index (χ0) is 62.0. The number of likely N-dealkylation sites (tertiary alicyclic amines) is 2. The monoisotopic (exact) mass is 1280 g/mol. The molecule has 6 aromatic rings. The highest BCUT2D eigenvalue weighted by Gasteiger charge is 2.30. The molecule has 0 atom stereocenters. The third-order valence-corrected chi connectivity index (χ3v) is 18.9. The van der Waals surface area contributed by atoms with E-state index in [9.17, 15) is 0 Å². The van der Waals surface area contributed by atoms with Crippen molar-refractivity contribution in [2.24, 2.45) is 46.3 Å². The number of nitrogens with one attached hydrogen (secondary N) is 1. The van der Waals surface area contributed by atoms with Crippen LogP contribution in [0, 0.1) is 46.3 Å². The average Bonchev–Trinajstić information content (AvgIpc) is 2.04. The molecule has 0 bridgehead atoms. The standard InChI is InChI=1S/2C26H41N3O2.C21H31N3O2.2ClH/c2*1-26(2,3)18-29-14-12-19(13-15-29)8-10-23-21-9-11-24(30-17-20-6-7-20)22(16-28(4)5)25(21)31-27-23;1-24(2)13-18-20(25-14-16-3-4-16)8-6-17-19(23-26-21(17)18)7-5-15-9-11-22-12-10-15;;/h2*9,11,19-20H,6-8,10,12-18H2,1-5H3;6,8,15-16,22H,3-5,7,9-14H2,1-2H3;2*1H. The first-order valence-electron chi connectivity index (χ1n) is 34.5. The van der Waals surface area contributed by atoms with E-state index in [0.29, 0.717) is 10.8 Å². The molecule has 0 radical (unpaired) electrons. The summed E-state index contributed by atoms with van der Waals surface area (Å²) >= 11 is 0. The van der Waals surface area contributed by atoms with Crippen molar-refractivity contribution in [2.45, 2.75) is 177 Å². The second kappa shape index (κ2) is 33.3. The van der Waals surface area contributed by atoms with Gasteiger partial charge >= 0.3 is 0 Å². The zero-order valence-electron chi connectivity index (χ0n) is 57.4. The van der Waals surface area contributed by atoms with Gasteiger partial charge in [-0.15, -0.1) is 24.8 Å². The average molecular weight is 1290 g/mol. The number of benzene rings is 3. The molecule has 0 amide bonds. The highest BCUT2D eigenvalue weighted by molar-refractivity contribution is 5.87. The minimum atomic E-state index is 0. The van der Waals surface area contributed by atoms with E-state index in [2.05, 4.69) is 166 Å². The van der Waals surface area contributed by atoms with Crippen molar-refractivity contribution in [2.75, 3.05) is 114 Å². The number of hydrogen-bond acceptors (Lipinski definition) is 15. The summed E-state index contributed by atoms with van der Waals surface area (Å²) in [5, 5.41) is 20.4. The number of nitrogens with zero attached hydrogens (tertiary/aromatic N) is 8. The van der Waals surface area contributed by atoms with E-state index < -0.39 is 0 Å². The summed E-state index contributed by atoms with van der Waals surface area (Å²) in [6, 6.07) is 12.9. The fraction of sp³-hybridized carbons (Fsp3) is 0.712. The van der Waals surface area contributed by atoms with Gasteiger partial charge in [0.1, 0.15) is 17.2 Å². The number of fused-ring (bicyclic) bond motifs is 3. The van der Waals surface area contributed by atoms with Crippen molar-refractivity contribution in [3.63, 3.8) is 0 Å². The van der Waals surface area contributed by atoms with Crippen LogP contribution in [0.5, 0.6) is 17.2 Å². The van der Waals surface area contributed by atoms with Crippen LogP contribution in [0.1, 0.15) is 172 Å². The molecule has 6 fully saturated rings. The Morgan fingerprint density at radius 3 is 0.978 bits per heavy atom. The molecule has 0 unspecified atom stereocenters. The first-order valence-corrected chi connectivity index (χ1v) is 34.5. The van der Waals surface area contributed by atoms with Gasteiger partial charge in [0, 0.05) is 48.9 Å². The van der Waals surface area contributed by atoms with Crippen molar-refractivity contribution < 1.29 is 27.8 Å². The maximum absolute atomic E-state index is 6.16. The van der Waals surface area contributed by atoms with Crippen molar-refractivity contribution in [1.82, 2.24) is 45.3 Å². The van der Waals surface area contributed by atoms with E-state index in [1.165, 1.54) is 146 Å². The molecule has 3 aliphatic heterocycles. The van der Waals surface area contributed by atoms with Gasteiger partial charge in [0.15, 0.2) is 16.7 Å². The Balaban J connectivity index is 0.000000173. The first-order chi connectivity index (χ1) is 42.3. The first kappa shape index (κ1) is 71.7. The van der Waals surface area contributed by atoms with Crippen LogP contribution >= 0.6 is 24.8 Å². The molecule has 502 valence electrons. The predicted molar refractivity (Wildman–Crippen MR) is 371 cm³/mol. The van der Waals surface area contributed by atoms with Gasteiger partial charge in [0.05, 0.1) is 53.6 Å². The maximum atomic E-state index is 6.16. The third-order valence-electron chi connectivity index (χ3n) is 18.9. The lowest BCUT2D eigenvalue weighted by molar-refractivity contribution is 0.133. The molecule has 90 heavy (non-hydrogen) atoms. The molecule has 0 spiro atoms. The number of halogens is 2. The van der Waals surface area contributed by atoms with Gasteiger partial charge in [-0.25, -0.2) is 0 Å². The van der Waals surface area contributed by atoms with Gasteiger partial charge in [-0.05, 0) is 280 Å². The van der Waals surface area contributed by atoms with Crippen LogP contribution in [0.2, 0.25) is 0 Å². The third kappa shape index (κ3) is 21.7. The van der Waals surface area contributed by atoms with E-state index in [1.54, 1.807) is 0 Å². The maximum Gasteiger partial charge on any atom is 0.175 e. The Bertz CT molecular complexity index is 2970. The van der Waals surface area contributed by atoms with Crippen LogP contribution < -0.4 is 19.5 Å². The van der Waals surface area contributed by atoms with Crippen molar-refractivity contribution in [1.29, 1.82) is 0 Å². The van der Waals surface area contributed by atoms with Crippen LogP contribution in [0.15, 0.2) is 50.0 Å². The summed E-state index contributed by atoms with van der Waals surface area (Å²) < 4.78 is 36.0. The quantitative estimate of drug-likeness (QED) is 0.0552. The molecule has 3 saturated heterocycles.